The second-order valence-electron chi connectivity index (χ2n) is 4.50. The number of carboxylic acid groups (broad SMARTS) is 1. The number of carbonyl (C=O) groups excluding carboxylic acids is 1. The van der Waals surface area contributed by atoms with E-state index in [2.05, 4.69) is 5.32 Å². The lowest BCUT2D eigenvalue weighted by atomic mass is 9.95. The highest BCUT2D eigenvalue weighted by molar-refractivity contribution is 5.85. The molecular formula is C12H18N2O3. The van der Waals surface area contributed by atoms with Crippen LogP contribution in [0.15, 0.2) is 0 Å². The first-order valence-electron chi connectivity index (χ1n) is 5.97. The zero-order valence-electron chi connectivity index (χ0n) is 9.98. The topological polar surface area (TPSA) is 90.2 Å². The van der Waals surface area contributed by atoms with E-state index < -0.39 is 17.8 Å². The van der Waals surface area contributed by atoms with Crippen molar-refractivity contribution in [2.75, 3.05) is 6.54 Å². The maximum Gasteiger partial charge on any atom is 0.307 e. The van der Waals surface area contributed by atoms with Crippen molar-refractivity contribution >= 4 is 11.9 Å². The van der Waals surface area contributed by atoms with E-state index in [1.165, 1.54) is 0 Å². The van der Waals surface area contributed by atoms with Crippen LogP contribution >= 0.6 is 0 Å². The van der Waals surface area contributed by atoms with E-state index in [1.54, 1.807) is 0 Å². The number of nitrogens with one attached hydrogen (secondary N) is 1. The van der Waals surface area contributed by atoms with E-state index in [0.717, 1.165) is 6.42 Å². The second kappa shape index (κ2) is 6.24. The van der Waals surface area contributed by atoms with Crippen molar-refractivity contribution in [2.24, 2.45) is 17.8 Å². The molecule has 3 unspecified atom stereocenters. The monoisotopic (exact) mass is 238 g/mol. The van der Waals surface area contributed by atoms with Gasteiger partial charge in [-0.05, 0) is 18.8 Å². The Hall–Kier alpha value is -1.57. The minimum atomic E-state index is -0.888. The van der Waals surface area contributed by atoms with Gasteiger partial charge in [0.25, 0.3) is 0 Å². The molecule has 0 aliphatic heterocycles. The van der Waals surface area contributed by atoms with Crippen molar-refractivity contribution in [3.05, 3.63) is 0 Å². The maximum atomic E-state index is 11.8. The Balaban J connectivity index is 2.57. The highest BCUT2D eigenvalue weighted by Gasteiger charge is 2.41. The molecule has 1 saturated carbocycles. The Kier molecular flexibility index (Phi) is 4.95. The van der Waals surface area contributed by atoms with Gasteiger partial charge in [-0.15, -0.1) is 0 Å². The van der Waals surface area contributed by atoms with Gasteiger partial charge in [0.1, 0.15) is 0 Å². The number of amides is 1. The Morgan fingerprint density at radius 2 is 2.06 bits per heavy atom. The van der Waals surface area contributed by atoms with Crippen LogP contribution in [0.5, 0.6) is 0 Å². The number of rotatable bonds is 5. The van der Waals surface area contributed by atoms with Crippen LogP contribution in [0.3, 0.4) is 0 Å². The summed E-state index contributed by atoms with van der Waals surface area (Å²) in [5.41, 5.74) is 0. The normalized spacial score (nSPS) is 27.4. The lowest BCUT2D eigenvalue weighted by Gasteiger charge is -2.14. The van der Waals surface area contributed by atoms with Gasteiger partial charge in [-0.2, -0.15) is 5.26 Å². The van der Waals surface area contributed by atoms with Crippen LogP contribution in [0, 0.1) is 29.1 Å². The number of nitrogens with zero attached hydrogens (tertiary/aromatic N) is 1. The minimum Gasteiger partial charge on any atom is -0.481 e. The van der Waals surface area contributed by atoms with Crippen LogP contribution in [0.4, 0.5) is 0 Å². The summed E-state index contributed by atoms with van der Waals surface area (Å²) < 4.78 is 0. The standard InChI is InChI=1S/C12H18N2O3/c1-2-8-6-9(10(7-8)12(16)17)11(15)14-5-3-4-13/h8-10H,2-3,5-7H2,1H3,(H,14,15)(H,16,17). The average molecular weight is 238 g/mol. The first-order valence-corrected chi connectivity index (χ1v) is 5.97. The van der Waals surface area contributed by atoms with Gasteiger partial charge in [0, 0.05) is 6.54 Å². The Bertz CT molecular complexity index is 335. The summed E-state index contributed by atoms with van der Waals surface area (Å²) in [5.74, 6) is -1.79. The fourth-order valence-electron chi connectivity index (χ4n) is 2.41. The van der Waals surface area contributed by atoms with Crippen LogP contribution in [-0.4, -0.2) is 23.5 Å². The zero-order chi connectivity index (χ0) is 12.8. The predicted octanol–water partition coefficient (Wildman–Crippen LogP) is 1.15. The van der Waals surface area contributed by atoms with Gasteiger partial charge in [-0.3, -0.25) is 9.59 Å². The van der Waals surface area contributed by atoms with E-state index >= 15 is 0 Å². The fourth-order valence-corrected chi connectivity index (χ4v) is 2.41. The molecule has 5 nitrogen and oxygen atoms in total. The smallest absolute Gasteiger partial charge is 0.307 e. The first kappa shape index (κ1) is 13.5. The summed E-state index contributed by atoms with van der Waals surface area (Å²) in [6.07, 6.45) is 2.40. The molecule has 0 aromatic rings. The summed E-state index contributed by atoms with van der Waals surface area (Å²) >= 11 is 0. The molecule has 0 heterocycles. The lowest BCUT2D eigenvalue weighted by molar-refractivity contribution is -0.146. The molecule has 0 saturated heterocycles. The lowest BCUT2D eigenvalue weighted by Crippen LogP contribution is -2.35. The number of aliphatic carboxylic acids is 1. The minimum absolute atomic E-state index is 0.219. The summed E-state index contributed by atoms with van der Waals surface area (Å²) in [4.78, 5) is 22.9. The van der Waals surface area contributed by atoms with Crippen molar-refractivity contribution in [3.8, 4) is 6.07 Å². The molecule has 0 aromatic heterocycles. The van der Waals surface area contributed by atoms with Crippen molar-refractivity contribution in [1.82, 2.24) is 5.32 Å². The Morgan fingerprint density at radius 3 is 2.59 bits per heavy atom. The van der Waals surface area contributed by atoms with Gasteiger partial charge in [-0.25, -0.2) is 0 Å². The third kappa shape index (κ3) is 3.45. The van der Waals surface area contributed by atoms with Gasteiger partial charge < -0.3 is 10.4 Å². The quantitative estimate of drug-likeness (QED) is 0.703. The Labute approximate surface area is 101 Å². The van der Waals surface area contributed by atoms with E-state index in [4.69, 9.17) is 10.4 Å². The summed E-state index contributed by atoms with van der Waals surface area (Å²) in [7, 11) is 0. The summed E-state index contributed by atoms with van der Waals surface area (Å²) in [6, 6.07) is 1.94. The molecule has 0 radical (unpaired) electrons. The van der Waals surface area contributed by atoms with Crippen LogP contribution in [0.2, 0.25) is 0 Å². The first-order chi connectivity index (χ1) is 8.10. The molecule has 0 bridgehead atoms. The molecule has 1 aliphatic carbocycles. The summed E-state index contributed by atoms with van der Waals surface area (Å²) in [5, 5.41) is 20.1. The van der Waals surface area contributed by atoms with Crippen molar-refractivity contribution < 1.29 is 14.7 Å². The largest absolute Gasteiger partial charge is 0.481 e. The maximum absolute atomic E-state index is 11.8. The van der Waals surface area contributed by atoms with Crippen molar-refractivity contribution in [1.29, 1.82) is 5.26 Å². The molecule has 1 aliphatic rings. The molecule has 3 atom stereocenters. The third-order valence-corrected chi connectivity index (χ3v) is 3.43. The number of hydrogen-bond acceptors (Lipinski definition) is 3. The molecule has 0 spiro atoms. The number of nitriles is 1. The van der Waals surface area contributed by atoms with Crippen molar-refractivity contribution in [2.45, 2.75) is 32.6 Å². The van der Waals surface area contributed by atoms with Gasteiger partial charge in [0.2, 0.25) is 5.91 Å². The molecule has 2 N–H and O–H groups in total. The summed E-state index contributed by atoms with van der Waals surface area (Å²) in [6.45, 7) is 2.31. The van der Waals surface area contributed by atoms with Crippen LogP contribution in [0.25, 0.3) is 0 Å². The highest BCUT2D eigenvalue weighted by Crippen LogP contribution is 2.38. The average Bonchev–Trinajstić information content (AvgIpc) is 2.73. The van der Waals surface area contributed by atoms with Crippen LogP contribution < -0.4 is 5.32 Å². The van der Waals surface area contributed by atoms with E-state index in [1.807, 2.05) is 13.0 Å². The van der Waals surface area contributed by atoms with Gasteiger partial charge in [0.15, 0.2) is 0 Å². The molecule has 17 heavy (non-hydrogen) atoms. The van der Waals surface area contributed by atoms with E-state index in [0.29, 0.717) is 25.3 Å². The molecule has 5 heteroatoms. The van der Waals surface area contributed by atoms with Gasteiger partial charge in [-0.1, -0.05) is 13.3 Å². The number of hydrogen-bond donors (Lipinski definition) is 2. The zero-order valence-corrected chi connectivity index (χ0v) is 9.98. The van der Waals surface area contributed by atoms with Crippen molar-refractivity contribution in [3.63, 3.8) is 0 Å². The third-order valence-electron chi connectivity index (χ3n) is 3.43. The molecule has 1 amide bonds. The highest BCUT2D eigenvalue weighted by atomic mass is 16.4. The van der Waals surface area contributed by atoms with Gasteiger partial charge >= 0.3 is 5.97 Å². The molecular weight excluding hydrogens is 220 g/mol. The predicted molar refractivity (Wildman–Crippen MR) is 60.9 cm³/mol. The molecule has 1 rings (SSSR count). The van der Waals surface area contributed by atoms with Gasteiger partial charge in [0.05, 0.1) is 24.3 Å². The van der Waals surface area contributed by atoms with E-state index in [-0.39, 0.29) is 12.3 Å². The second-order valence-corrected chi connectivity index (χ2v) is 4.50. The van der Waals surface area contributed by atoms with Crippen LogP contribution in [-0.2, 0) is 9.59 Å². The number of carbonyl (C=O) groups is 2. The molecule has 94 valence electrons. The van der Waals surface area contributed by atoms with E-state index in [9.17, 15) is 9.59 Å². The molecule has 1 fully saturated rings. The SMILES string of the molecule is CCC1CC(C(=O)O)C(C(=O)NCCC#N)C1. The number of carboxylic acids is 1. The van der Waals surface area contributed by atoms with Crippen LogP contribution in [0.1, 0.15) is 32.6 Å². The fraction of sp³-hybridized carbons (Fsp3) is 0.750. The molecule has 0 aromatic carbocycles. The Morgan fingerprint density at radius 1 is 1.41 bits per heavy atom.